The first-order valence-electron chi connectivity index (χ1n) is 8.07. The van der Waals surface area contributed by atoms with Gasteiger partial charge in [-0.2, -0.15) is 0 Å². The van der Waals surface area contributed by atoms with Gasteiger partial charge in [0.2, 0.25) is 0 Å². The maximum Gasteiger partial charge on any atom is 0.129 e. The topological polar surface area (TPSA) is 76.5 Å². The van der Waals surface area contributed by atoms with Crippen molar-refractivity contribution in [3.63, 3.8) is 0 Å². The number of nitrogens with one attached hydrogen (secondary N) is 1. The van der Waals surface area contributed by atoms with Crippen molar-refractivity contribution in [3.05, 3.63) is 17.6 Å². The summed E-state index contributed by atoms with van der Waals surface area (Å²) >= 11 is 0. The molecule has 0 aliphatic carbocycles. The molecule has 0 amide bonds. The van der Waals surface area contributed by atoms with Gasteiger partial charge in [-0.1, -0.05) is 0 Å². The van der Waals surface area contributed by atoms with E-state index in [1.807, 2.05) is 13.0 Å². The minimum Gasteiger partial charge on any atom is -0.396 e. The molecule has 2 fully saturated rings. The largest absolute Gasteiger partial charge is 0.396 e. The van der Waals surface area contributed by atoms with Crippen LogP contribution in [0.15, 0.2) is 6.07 Å². The van der Waals surface area contributed by atoms with Crippen LogP contribution < -0.4 is 5.32 Å². The number of anilines is 1. The van der Waals surface area contributed by atoms with E-state index in [1.165, 1.54) is 0 Å². The Kier molecular flexibility index (Phi) is 4.90. The smallest absolute Gasteiger partial charge is 0.129 e. The lowest BCUT2D eigenvalue weighted by atomic mass is 9.81. The summed E-state index contributed by atoms with van der Waals surface area (Å²) in [5, 5.41) is 13.2. The van der Waals surface area contributed by atoms with E-state index in [0.29, 0.717) is 12.5 Å². The third-order valence-electron chi connectivity index (χ3n) is 4.74. The van der Waals surface area contributed by atoms with Crippen LogP contribution in [0.4, 0.5) is 5.82 Å². The average Bonchev–Trinajstić information content (AvgIpc) is 3.08. The molecule has 2 aliphatic heterocycles. The van der Waals surface area contributed by atoms with Crippen molar-refractivity contribution < 1.29 is 14.6 Å². The van der Waals surface area contributed by atoms with Crippen molar-refractivity contribution in [2.24, 2.45) is 5.41 Å². The SMILES string of the molecule is Cc1nc(NCC2(CO)CCOCC2)cc([C@@H]2CCOC2)n1. The second-order valence-electron chi connectivity index (χ2n) is 6.41. The fourth-order valence-corrected chi connectivity index (χ4v) is 3.13. The van der Waals surface area contributed by atoms with Crippen molar-refractivity contribution in [1.29, 1.82) is 0 Å². The van der Waals surface area contributed by atoms with Gasteiger partial charge in [0.05, 0.1) is 18.9 Å². The van der Waals surface area contributed by atoms with Crippen LogP contribution in [0.5, 0.6) is 0 Å². The number of aryl methyl sites for hydroxylation is 1. The molecule has 0 radical (unpaired) electrons. The lowest BCUT2D eigenvalue weighted by Crippen LogP contribution is -2.39. The zero-order valence-electron chi connectivity index (χ0n) is 13.2. The first kappa shape index (κ1) is 15.6. The summed E-state index contributed by atoms with van der Waals surface area (Å²) in [6.45, 7) is 5.80. The third kappa shape index (κ3) is 3.56. The summed E-state index contributed by atoms with van der Waals surface area (Å²) < 4.78 is 10.9. The number of ether oxygens (including phenoxy) is 2. The molecule has 6 nitrogen and oxygen atoms in total. The third-order valence-corrected chi connectivity index (χ3v) is 4.74. The van der Waals surface area contributed by atoms with Gasteiger partial charge in [0.15, 0.2) is 0 Å². The highest BCUT2D eigenvalue weighted by Crippen LogP contribution is 2.31. The monoisotopic (exact) mass is 307 g/mol. The van der Waals surface area contributed by atoms with E-state index in [1.54, 1.807) is 0 Å². The number of aliphatic hydroxyl groups excluding tert-OH is 1. The Hall–Kier alpha value is -1.24. The second kappa shape index (κ2) is 6.89. The highest BCUT2D eigenvalue weighted by Gasteiger charge is 2.32. The summed E-state index contributed by atoms with van der Waals surface area (Å²) in [5.74, 6) is 1.99. The van der Waals surface area contributed by atoms with Crippen molar-refractivity contribution in [2.45, 2.75) is 32.1 Å². The predicted octanol–water partition coefficient (Wildman–Crippen LogP) is 1.49. The van der Waals surface area contributed by atoms with Crippen molar-refractivity contribution in [1.82, 2.24) is 9.97 Å². The fraction of sp³-hybridized carbons (Fsp3) is 0.750. The highest BCUT2D eigenvalue weighted by atomic mass is 16.5. The summed E-state index contributed by atoms with van der Waals surface area (Å²) in [4.78, 5) is 9.03. The van der Waals surface area contributed by atoms with Crippen LogP contribution in [0.3, 0.4) is 0 Å². The predicted molar refractivity (Wildman–Crippen MR) is 83.0 cm³/mol. The Morgan fingerprint density at radius 1 is 1.27 bits per heavy atom. The molecule has 0 bridgehead atoms. The van der Waals surface area contributed by atoms with E-state index >= 15 is 0 Å². The van der Waals surface area contributed by atoms with Gasteiger partial charge in [-0.15, -0.1) is 0 Å². The van der Waals surface area contributed by atoms with Crippen molar-refractivity contribution >= 4 is 5.82 Å². The van der Waals surface area contributed by atoms with Crippen LogP contribution in [0.2, 0.25) is 0 Å². The summed E-state index contributed by atoms with van der Waals surface area (Å²) in [6, 6.07) is 2.02. The maximum absolute atomic E-state index is 9.76. The first-order valence-corrected chi connectivity index (χ1v) is 8.07. The van der Waals surface area contributed by atoms with Gasteiger partial charge in [0.25, 0.3) is 0 Å². The lowest BCUT2D eigenvalue weighted by molar-refractivity contribution is -0.00862. The molecule has 3 heterocycles. The van der Waals surface area contributed by atoms with Gasteiger partial charge in [0, 0.05) is 43.8 Å². The van der Waals surface area contributed by atoms with Crippen LogP contribution in [0.25, 0.3) is 0 Å². The van der Waals surface area contributed by atoms with E-state index in [4.69, 9.17) is 9.47 Å². The van der Waals surface area contributed by atoms with Crippen molar-refractivity contribution in [3.8, 4) is 0 Å². The first-order chi connectivity index (χ1) is 10.7. The van der Waals surface area contributed by atoms with E-state index < -0.39 is 0 Å². The van der Waals surface area contributed by atoms with Crippen LogP contribution in [-0.2, 0) is 9.47 Å². The molecule has 0 spiro atoms. The Morgan fingerprint density at radius 3 is 2.77 bits per heavy atom. The summed E-state index contributed by atoms with van der Waals surface area (Å²) in [7, 11) is 0. The Balaban J connectivity index is 1.68. The highest BCUT2D eigenvalue weighted by molar-refractivity contribution is 5.37. The Morgan fingerprint density at radius 2 is 2.09 bits per heavy atom. The molecule has 3 rings (SSSR count). The minimum absolute atomic E-state index is 0.103. The number of nitrogens with zero attached hydrogens (tertiary/aromatic N) is 2. The number of rotatable bonds is 5. The van der Waals surface area contributed by atoms with E-state index in [9.17, 15) is 5.11 Å². The molecular formula is C16H25N3O3. The molecule has 6 heteroatoms. The molecule has 1 atom stereocenters. The van der Waals surface area contributed by atoms with Crippen LogP contribution in [-0.4, -0.2) is 54.7 Å². The molecule has 122 valence electrons. The molecule has 0 unspecified atom stereocenters. The van der Waals surface area contributed by atoms with Gasteiger partial charge in [0.1, 0.15) is 11.6 Å². The molecule has 22 heavy (non-hydrogen) atoms. The Labute approximate surface area is 131 Å². The molecule has 1 aromatic heterocycles. The molecule has 2 N–H and O–H groups in total. The lowest BCUT2D eigenvalue weighted by Gasteiger charge is -2.35. The second-order valence-corrected chi connectivity index (χ2v) is 6.41. The molecule has 2 saturated heterocycles. The number of aromatic nitrogens is 2. The number of hydrogen-bond donors (Lipinski definition) is 2. The van der Waals surface area contributed by atoms with Gasteiger partial charge in [-0.05, 0) is 26.2 Å². The van der Waals surface area contributed by atoms with E-state index in [-0.39, 0.29) is 12.0 Å². The molecule has 0 saturated carbocycles. The van der Waals surface area contributed by atoms with Crippen LogP contribution >= 0.6 is 0 Å². The molecule has 1 aromatic rings. The fourth-order valence-electron chi connectivity index (χ4n) is 3.13. The van der Waals surface area contributed by atoms with Gasteiger partial charge < -0.3 is 19.9 Å². The quantitative estimate of drug-likeness (QED) is 0.858. The van der Waals surface area contributed by atoms with Crippen LogP contribution in [0, 0.1) is 12.3 Å². The molecular weight excluding hydrogens is 282 g/mol. The zero-order valence-corrected chi connectivity index (χ0v) is 13.2. The van der Waals surface area contributed by atoms with Crippen molar-refractivity contribution in [2.75, 3.05) is 44.9 Å². The van der Waals surface area contributed by atoms with Gasteiger partial charge in [-0.25, -0.2) is 9.97 Å². The summed E-state index contributed by atoms with van der Waals surface area (Å²) in [6.07, 6.45) is 2.78. The molecule has 0 aromatic carbocycles. The normalized spacial score (nSPS) is 24.4. The zero-order chi connectivity index (χ0) is 15.4. The van der Waals surface area contributed by atoms with Crippen LogP contribution in [0.1, 0.15) is 36.7 Å². The average molecular weight is 307 g/mol. The van der Waals surface area contributed by atoms with Gasteiger partial charge >= 0.3 is 0 Å². The molecule has 2 aliphatic rings. The standard InChI is InChI=1S/C16H25N3O3/c1-12-18-14(13-2-5-22-9-13)8-15(19-12)17-10-16(11-20)3-6-21-7-4-16/h8,13,20H,2-7,9-11H2,1H3,(H,17,18,19)/t13-/m1/s1. The Bertz CT molecular complexity index is 497. The number of hydrogen-bond acceptors (Lipinski definition) is 6. The minimum atomic E-state index is -0.103. The van der Waals surface area contributed by atoms with Gasteiger partial charge in [-0.3, -0.25) is 0 Å². The number of aliphatic hydroxyl groups is 1. The summed E-state index contributed by atoms with van der Waals surface area (Å²) in [5.41, 5.74) is 0.950. The maximum atomic E-state index is 9.76. The van der Waals surface area contributed by atoms with E-state index in [2.05, 4.69) is 15.3 Å². The van der Waals surface area contributed by atoms with E-state index in [0.717, 1.165) is 63.0 Å².